The largest absolute Gasteiger partial charge is 0.444 e. The van der Waals surface area contributed by atoms with Crippen molar-refractivity contribution < 1.29 is 9.53 Å². The number of rotatable bonds is 2. The van der Waals surface area contributed by atoms with Gasteiger partial charge in [0.2, 0.25) is 0 Å². The molecule has 0 fully saturated rings. The molecular formula is C12H22N2O2. The van der Waals surface area contributed by atoms with Gasteiger partial charge in [-0.3, -0.25) is 0 Å². The van der Waals surface area contributed by atoms with Crippen molar-refractivity contribution in [3.05, 3.63) is 12.2 Å². The summed E-state index contributed by atoms with van der Waals surface area (Å²) in [6.07, 6.45) is 4.70. The van der Waals surface area contributed by atoms with E-state index in [4.69, 9.17) is 4.74 Å². The van der Waals surface area contributed by atoms with Crippen molar-refractivity contribution in [1.29, 1.82) is 0 Å². The maximum atomic E-state index is 11.5. The molecule has 0 aromatic rings. The number of likely N-dealkylation sites (N-methyl/N-ethyl adjacent to an activating group) is 1. The van der Waals surface area contributed by atoms with E-state index in [9.17, 15) is 4.79 Å². The summed E-state index contributed by atoms with van der Waals surface area (Å²) >= 11 is 0. The van der Waals surface area contributed by atoms with Gasteiger partial charge in [-0.05, 0) is 41.3 Å². The first-order chi connectivity index (χ1) is 7.28. The zero-order chi connectivity index (χ0) is 12.3. The third-order valence-corrected chi connectivity index (χ3v) is 2.43. The summed E-state index contributed by atoms with van der Waals surface area (Å²) in [5.41, 5.74) is -0.437. The minimum atomic E-state index is -0.437. The Balaban J connectivity index is 2.35. The van der Waals surface area contributed by atoms with Gasteiger partial charge in [0.05, 0.1) is 6.04 Å². The summed E-state index contributed by atoms with van der Waals surface area (Å²) in [7, 11) is 4.07. The molecule has 16 heavy (non-hydrogen) atoms. The van der Waals surface area contributed by atoms with E-state index in [1.165, 1.54) is 0 Å². The van der Waals surface area contributed by atoms with Gasteiger partial charge in [-0.25, -0.2) is 4.79 Å². The smallest absolute Gasteiger partial charge is 0.408 e. The predicted octanol–water partition coefficient (Wildman–Crippen LogP) is 1.77. The van der Waals surface area contributed by atoms with Crippen molar-refractivity contribution in [1.82, 2.24) is 10.2 Å². The Morgan fingerprint density at radius 2 is 2.00 bits per heavy atom. The molecule has 0 heterocycles. The molecule has 1 aliphatic rings. The van der Waals surface area contributed by atoms with E-state index in [2.05, 4.69) is 16.3 Å². The lowest BCUT2D eigenvalue weighted by atomic mass is 10.2. The summed E-state index contributed by atoms with van der Waals surface area (Å²) in [5, 5.41) is 2.85. The number of nitrogens with one attached hydrogen (secondary N) is 1. The maximum absolute atomic E-state index is 11.5. The third kappa shape index (κ3) is 4.23. The Kier molecular flexibility index (Phi) is 3.97. The topological polar surface area (TPSA) is 41.6 Å². The summed E-state index contributed by atoms with van der Waals surface area (Å²) in [6, 6.07) is 0.488. The van der Waals surface area contributed by atoms with E-state index in [0.29, 0.717) is 6.04 Å². The van der Waals surface area contributed by atoms with Crippen LogP contribution in [0.15, 0.2) is 12.2 Å². The molecule has 0 aromatic heterocycles. The summed E-state index contributed by atoms with van der Waals surface area (Å²) in [4.78, 5) is 13.6. The first-order valence-electron chi connectivity index (χ1n) is 5.62. The molecule has 1 N–H and O–H groups in total. The lowest BCUT2D eigenvalue weighted by molar-refractivity contribution is 0.0511. The Morgan fingerprint density at radius 1 is 1.38 bits per heavy atom. The molecule has 0 saturated carbocycles. The molecule has 0 saturated heterocycles. The second-order valence-corrected chi connectivity index (χ2v) is 5.40. The molecule has 4 heteroatoms. The van der Waals surface area contributed by atoms with E-state index in [-0.39, 0.29) is 12.1 Å². The molecule has 1 rings (SSSR count). The van der Waals surface area contributed by atoms with Gasteiger partial charge in [-0.15, -0.1) is 0 Å². The number of amides is 1. The zero-order valence-electron chi connectivity index (χ0n) is 10.8. The fourth-order valence-electron chi connectivity index (χ4n) is 1.63. The molecule has 0 radical (unpaired) electrons. The second kappa shape index (κ2) is 4.87. The van der Waals surface area contributed by atoms with Crippen LogP contribution in [0.3, 0.4) is 0 Å². The maximum Gasteiger partial charge on any atom is 0.408 e. The summed E-state index contributed by atoms with van der Waals surface area (Å²) < 4.78 is 5.20. The van der Waals surface area contributed by atoms with Crippen molar-refractivity contribution in [2.45, 2.75) is 44.9 Å². The molecule has 0 aromatic carbocycles. The molecule has 92 valence electrons. The van der Waals surface area contributed by atoms with Gasteiger partial charge in [-0.1, -0.05) is 12.2 Å². The van der Waals surface area contributed by atoms with Crippen LogP contribution in [0.1, 0.15) is 27.2 Å². The fraction of sp³-hybridized carbons (Fsp3) is 0.750. The van der Waals surface area contributed by atoms with E-state index >= 15 is 0 Å². The highest BCUT2D eigenvalue weighted by Gasteiger charge is 2.24. The van der Waals surface area contributed by atoms with Crippen molar-refractivity contribution in [2.24, 2.45) is 0 Å². The highest BCUT2D eigenvalue weighted by Crippen LogP contribution is 2.15. The van der Waals surface area contributed by atoms with E-state index < -0.39 is 5.60 Å². The first kappa shape index (κ1) is 13.0. The lowest BCUT2D eigenvalue weighted by Crippen LogP contribution is -2.39. The number of alkyl carbamates (subject to hydrolysis) is 1. The minimum Gasteiger partial charge on any atom is -0.444 e. The summed E-state index contributed by atoms with van der Waals surface area (Å²) in [6.45, 7) is 5.58. The average molecular weight is 226 g/mol. The van der Waals surface area contributed by atoms with Crippen LogP contribution in [0, 0.1) is 0 Å². The Bertz CT molecular complexity index is 279. The van der Waals surface area contributed by atoms with Gasteiger partial charge in [0.25, 0.3) is 0 Å². The number of hydrogen-bond acceptors (Lipinski definition) is 3. The fourth-order valence-corrected chi connectivity index (χ4v) is 1.63. The van der Waals surface area contributed by atoms with Crippen LogP contribution < -0.4 is 5.32 Å². The van der Waals surface area contributed by atoms with Crippen LogP contribution >= 0.6 is 0 Å². The average Bonchev–Trinajstić information content (AvgIpc) is 2.48. The minimum absolute atomic E-state index is 0.0854. The predicted molar refractivity (Wildman–Crippen MR) is 64.4 cm³/mol. The molecule has 2 atom stereocenters. The first-order valence-corrected chi connectivity index (χ1v) is 5.62. The number of carbonyl (C=O) groups is 1. The van der Waals surface area contributed by atoms with Gasteiger partial charge in [-0.2, -0.15) is 0 Å². The SMILES string of the molecule is CN(C)[C@@H]1C=C[C@H](NC(=O)OC(C)(C)C)C1. The van der Waals surface area contributed by atoms with Crippen molar-refractivity contribution in [2.75, 3.05) is 14.1 Å². The van der Waals surface area contributed by atoms with Crippen LogP contribution in [0.4, 0.5) is 4.79 Å². The number of nitrogens with zero attached hydrogens (tertiary/aromatic N) is 1. The van der Waals surface area contributed by atoms with Crippen molar-refractivity contribution >= 4 is 6.09 Å². The molecule has 4 nitrogen and oxygen atoms in total. The Hall–Kier alpha value is -1.03. The molecule has 0 unspecified atom stereocenters. The molecular weight excluding hydrogens is 204 g/mol. The van der Waals surface area contributed by atoms with Gasteiger partial charge in [0.15, 0.2) is 0 Å². The van der Waals surface area contributed by atoms with Crippen LogP contribution in [-0.4, -0.2) is 42.8 Å². The van der Waals surface area contributed by atoms with Gasteiger partial charge in [0, 0.05) is 6.04 Å². The molecule has 0 bridgehead atoms. The van der Waals surface area contributed by atoms with E-state index in [1.807, 2.05) is 40.9 Å². The number of hydrogen-bond donors (Lipinski definition) is 1. The second-order valence-electron chi connectivity index (χ2n) is 5.40. The highest BCUT2D eigenvalue weighted by atomic mass is 16.6. The van der Waals surface area contributed by atoms with E-state index in [0.717, 1.165) is 6.42 Å². The van der Waals surface area contributed by atoms with Gasteiger partial charge >= 0.3 is 6.09 Å². The molecule has 0 aliphatic heterocycles. The Labute approximate surface area is 97.6 Å². The van der Waals surface area contributed by atoms with Crippen LogP contribution in [0.2, 0.25) is 0 Å². The highest BCUT2D eigenvalue weighted by molar-refractivity contribution is 5.68. The monoisotopic (exact) mass is 226 g/mol. The standard InChI is InChI=1S/C12H22N2O2/c1-12(2,3)16-11(15)13-9-6-7-10(8-9)14(4)5/h6-7,9-10H,8H2,1-5H3,(H,13,15)/t9-,10+/m0/s1. The van der Waals surface area contributed by atoms with Crippen LogP contribution in [0.25, 0.3) is 0 Å². The normalized spacial score (nSPS) is 24.9. The third-order valence-electron chi connectivity index (χ3n) is 2.43. The molecule has 1 amide bonds. The van der Waals surface area contributed by atoms with E-state index in [1.54, 1.807) is 0 Å². The zero-order valence-corrected chi connectivity index (χ0v) is 10.8. The number of ether oxygens (including phenoxy) is 1. The van der Waals surface area contributed by atoms with Gasteiger partial charge in [0.1, 0.15) is 5.60 Å². The van der Waals surface area contributed by atoms with Crippen molar-refractivity contribution in [3.8, 4) is 0 Å². The van der Waals surface area contributed by atoms with Crippen molar-refractivity contribution in [3.63, 3.8) is 0 Å². The molecule has 1 aliphatic carbocycles. The molecule has 0 spiro atoms. The van der Waals surface area contributed by atoms with Gasteiger partial charge < -0.3 is 15.0 Å². The number of carbonyl (C=O) groups excluding carboxylic acids is 1. The Morgan fingerprint density at radius 3 is 2.44 bits per heavy atom. The quantitative estimate of drug-likeness (QED) is 0.730. The van der Waals surface area contributed by atoms with Crippen LogP contribution in [-0.2, 0) is 4.74 Å². The summed E-state index contributed by atoms with van der Waals surface area (Å²) in [5.74, 6) is 0. The van der Waals surface area contributed by atoms with Crippen LogP contribution in [0.5, 0.6) is 0 Å². The lowest BCUT2D eigenvalue weighted by Gasteiger charge is -2.22.